The highest BCUT2D eigenvalue weighted by molar-refractivity contribution is 7.89. The number of hydrogen-bond donors (Lipinski definition) is 2. The number of carboxylic acid groups (broad SMARTS) is 1. The Morgan fingerprint density at radius 3 is 2.63 bits per heavy atom. The third kappa shape index (κ3) is 3.21. The molecule has 1 saturated carbocycles. The number of ether oxygens (including phenoxy) is 1. The fourth-order valence-electron chi connectivity index (χ4n) is 1.75. The average molecular weight is 286 g/mol. The molecule has 0 spiro atoms. The maximum Gasteiger partial charge on any atom is 0.305 e. The minimum Gasteiger partial charge on any atom is -0.481 e. The highest BCUT2D eigenvalue weighted by atomic mass is 32.2. The van der Waals surface area contributed by atoms with Gasteiger partial charge in [-0.1, -0.05) is 0 Å². The zero-order valence-electron chi connectivity index (χ0n) is 10.3. The van der Waals surface area contributed by atoms with E-state index in [9.17, 15) is 13.2 Å². The van der Waals surface area contributed by atoms with Crippen molar-refractivity contribution in [3.8, 4) is 5.88 Å². The molecule has 0 atom stereocenters. The van der Waals surface area contributed by atoms with Crippen molar-refractivity contribution in [2.24, 2.45) is 0 Å². The quantitative estimate of drug-likeness (QED) is 0.783. The summed E-state index contributed by atoms with van der Waals surface area (Å²) in [5.74, 6) is -0.710. The number of carboxylic acids is 1. The lowest BCUT2D eigenvalue weighted by atomic mass is 10.2. The van der Waals surface area contributed by atoms with Crippen LogP contribution in [0.15, 0.2) is 23.2 Å². The fraction of sp³-hybridized carbons (Fsp3) is 0.455. The number of hydrogen-bond acceptors (Lipinski definition) is 5. The normalized spacial score (nSPS) is 16.9. The molecule has 0 amide bonds. The topological polar surface area (TPSA) is 106 Å². The molecule has 19 heavy (non-hydrogen) atoms. The van der Waals surface area contributed by atoms with E-state index in [4.69, 9.17) is 9.84 Å². The second kappa shape index (κ2) is 4.78. The Balaban J connectivity index is 2.16. The molecule has 1 aliphatic carbocycles. The van der Waals surface area contributed by atoms with Gasteiger partial charge in [0.05, 0.1) is 19.7 Å². The van der Waals surface area contributed by atoms with Crippen molar-refractivity contribution in [1.29, 1.82) is 0 Å². The van der Waals surface area contributed by atoms with E-state index in [2.05, 4.69) is 9.71 Å². The Bertz CT molecular complexity index is 578. The van der Waals surface area contributed by atoms with E-state index in [-0.39, 0.29) is 11.3 Å². The van der Waals surface area contributed by atoms with Crippen LogP contribution in [0.4, 0.5) is 0 Å². The van der Waals surface area contributed by atoms with Crippen molar-refractivity contribution in [3.05, 3.63) is 18.3 Å². The Morgan fingerprint density at radius 1 is 1.53 bits per heavy atom. The fourth-order valence-corrected chi connectivity index (χ4v) is 3.15. The summed E-state index contributed by atoms with van der Waals surface area (Å²) in [6, 6.07) is 2.80. The number of carbonyl (C=O) groups is 1. The molecular weight excluding hydrogens is 272 g/mol. The van der Waals surface area contributed by atoms with E-state index < -0.39 is 21.5 Å². The first-order valence-corrected chi connectivity index (χ1v) is 7.11. The molecule has 1 aliphatic rings. The van der Waals surface area contributed by atoms with E-state index in [1.165, 1.54) is 25.4 Å². The molecule has 0 unspecified atom stereocenters. The maximum absolute atomic E-state index is 12.1. The molecule has 2 rings (SSSR count). The predicted octanol–water partition coefficient (Wildman–Crippen LogP) is 0.376. The summed E-state index contributed by atoms with van der Waals surface area (Å²) in [6.07, 6.45) is 2.03. The van der Waals surface area contributed by atoms with Crippen LogP contribution >= 0.6 is 0 Å². The van der Waals surface area contributed by atoms with Gasteiger partial charge in [-0.3, -0.25) is 4.79 Å². The van der Waals surface area contributed by atoms with Crippen LogP contribution < -0.4 is 9.46 Å². The molecule has 1 fully saturated rings. The van der Waals surface area contributed by atoms with E-state index in [0.717, 1.165) is 0 Å². The van der Waals surface area contributed by atoms with E-state index in [0.29, 0.717) is 18.7 Å². The van der Waals surface area contributed by atoms with Crippen LogP contribution in [0.3, 0.4) is 0 Å². The van der Waals surface area contributed by atoms with Crippen LogP contribution in [0.25, 0.3) is 0 Å². The summed E-state index contributed by atoms with van der Waals surface area (Å²) < 4.78 is 31.5. The summed E-state index contributed by atoms with van der Waals surface area (Å²) in [4.78, 5) is 14.5. The smallest absolute Gasteiger partial charge is 0.305 e. The molecule has 8 heteroatoms. The highest BCUT2D eigenvalue weighted by Crippen LogP contribution is 2.40. The number of methoxy groups -OCH3 is 1. The van der Waals surface area contributed by atoms with Crippen LogP contribution in [-0.2, 0) is 14.8 Å². The van der Waals surface area contributed by atoms with Crippen molar-refractivity contribution < 1.29 is 23.1 Å². The number of nitrogens with zero attached hydrogens (tertiary/aromatic N) is 1. The first kappa shape index (κ1) is 13.8. The summed E-state index contributed by atoms with van der Waals surface area (Å²) in [6.45, 7) is 0. The Hall–Kier alpha value is -1.67. The number of sulfonamides is 1. The molecule has 1 aromatic rings. The molecule has 1 heterocycles. The van der Waals surface area contributed by atoms with Gasteiger partial charge in [-0.25, -0.2) is 18.1 Å². The minimum atomic E-state index is -3.76. The van der Waals surface area contributed by atoms with Crippen molar-refractivity contribution in [3.63, 3.8) is 0 Å². The number of pyridine rings is 1. The Labute approximate surface area is 110 Å². The lowest BCUT2D eigenvalue weighted by molar-refractivity contribution is -0.137. The van der Waals surface area contributed by atoms with Crippen molar-refractivity contribution in [2.45, 2.75) is 29.7 Å². The average Bonchev–Trinajstić information content (AvgIpc) is 3.06. The second-order valence-corrected chi connectivity index (χ2v) is 6.18. The zero-order valence-corrected chi connectivity index (χ0v) is 11.1. The van der Waals surface area contributed by atoms with Gasteiger partial charge in [0.25, 0.3) is 0 Å². The lowest BCUT2D eigenvalue weighted by Crippen LogP contribution is -2.38. The molecule has 0 aliphatic heterocycles. The third-order valence-corrected chi connectivity index (χ3v) is 4.49. The molecule has 0 saturated heterocycles. The van der Waals surface area contributed by atoms with E-state index in [1.807, 2.05) is 0 Å². The van der Waals surface area contributed by atoms with Crippen LogP contribution in [0.1, 0.15) is 19.3 Å². The van der Waals surface area contributed by atoms with Gasteiger partial charge in [-0.15, -0.1) is 0 Å². The van der Waals surface area contributed by atoms with Gasteiger partial charge in [-0.2, -0.15) is 0 Å². The van der Waals surface area contributed by atoms with Crippen molar-refractivity contribution in [2.75, 3.05) is 7.11 Å². The second-order valence-electron chi connectivity index (χ2n) is 4.49. The maximum atomic E-state index is 12.1. The molecule has 104 valence electrons. The molecule has 2 N–H and O–H groups in total. The monoisotopic (exact) mass is 286 g/mol. The van der Waals surface area contributed by atoms with Crippen LogP contribution in [0.5, 0.6) is 5.88 Å². The Kier molecular flexibility index (Phi) is 3.46. The number of nitrogens with one attached hydrogen (secondary N) is 1. The molecule has 0 radical (unpaired) electrons. The molecular formula is C11H14N2O5S. The lowest BCUT2D eigenvalue weighted by Gasteiger charge is -2.15. The van der Waals surface area contributed by atoms with Gasteiger partial charge in [-0.05, 0) is 18.9 Å². The van der Waals surface area contributed by atoms with Gasteiger partial charge in [0.15, 0.2) is 0 Å². The number of aromatic nitrogens is 1. The number of rotatable bonds is 6. The predicted molar refractivity (Wildman–Crippen MR) is 65.3 cm³/mol. The molecule has 1 aromatic heterocycles. The van der Waals surface area contributed by atoms with Gasteiger partial charge in [0.1, 0.15) is 4.90 Å². The summed E-state index contributed by atoms with van der Waals surface area (Å²) >= 11 is 0. The van der Waals surface area contributed by atoms with Crippen molar-refractivity contribution >= 4 is 16.0 Å². The van der Waals surface area contributed by atoms with Gasteiger partial charge in [0.2, 0.25) is 15.9 Å². The van der Waals surface area contributed by atoms with Gasteiger partial charge >= 0.3 is 5.97 Å². The van der Waals surface area contributed by atoms with Crippen LogP contribution in [0.2, 0.25) is 0 Å². The molecule has 0 aromatic carbocycles. The Morgan fingerprint density at radius 2 is 2.21 bits per heavy atom. The SMILES string of the molecule is COc1ccc(S(=O)(=O)NC2(CC(=O)O)CC2)cn1. The number of aliphatic carboxylic acids is 1. The first-order valence-electron chi connectivity index (χ1n) is 5.63. The summed E-state index contributed by atoms with van der Waals surface area (Å²) in [5, 5.41) is 8.76. The standard InChI is InChI=1S/C11H14N2O5S/c1-18-9-3-2-8(7-12-9)19(16,17)13-11(4-5-11)6-10(14)15/h2-3,7,13H,4-6H2,1H3,(H,14,15). The largest absolute Gasteiger partial charge is 0.481 e. The van der Waals surface area contributed by atoms with E-state index in [1.54, 1.807) is 0 Å². The first-order chi connectivity index (χ1) is 8.87. The van der Waals surface area contributed by atoms with Crippen LogP contribution in [0, 0.1) is 0 Å². The molecule has 7 nitrogen and oxygen atoms in total. The van der Waals surface area contributed by atoms with Crippen LogP contribution in [-0.4, -0.2) is 37.1 Å². The summed E-state index contributed by atoms with van der Waals surface area (Å²) in [7, 11) is -2.33. The molecule has 0 bridgehead atoms. The minimum absolute atomic E-state index is 0.00929. The summed E-state index contributed by atoms with van der Waals surface area (Å²) in [5.41, 5.74) is -0.843. The van der Waals surface area contributed by atoms with Gasteiger partial charge < -0.3 is 9.84 Å². The van der Waals surface area contributed by atoms with Gasteiger partial charge in [0, 0.05) is 11.6 Å². The third-order valence-electron chi connectivity index (χ3n) is 2.92. The van der Waals surface area contributed by atoms with E-state index >= 15 is 0 Å². The highest BCUT2D eigenvalue weighted by Gasteiger charge is 2.47. The zero-order chi connectivity index (χ0) is 14.1. The van der Waals surface area contributed by atoms with Crippen molar-refractivity contribution in [1.82, 2.24) is 9.71 Å².